The molecule has 1 N–H and O–H groups in total. The van der Waals surface area contributed by atoms with Crippen molar-refractivity contribution < 1.29 is 9.47 Å². The molecule has 0 aromatic heterocycles. The molecule has 0 aliphatic heterocycles. The van der Waals surface area contributed by atoms with Crippen molar-refractivity contribution in [3.63, 3.8) is 0 Å². The highest BCUT2D eigenvalue weighted by Gasteiger charge is 2.00. The highest BCUT2D eigenvalue weighted by atomic mass is 16.5. The normalized spacial score (nSPS) is 12.2. The number of benzene rings is 1. The van der Waals surface area contributed by atoms with Crippen molar-refractivity contribution >= 4 is 0 Å². The topological polar surface area (TPSA) is 30.5 Å². The molecule has 0 aliphatic rings. The van der Waals surface area contributed by atoms with Gasteiger partial charge in [0.05, 0.1) is 13.7 Å². The summed E-state index contributed by atoms with van der Waals surface area (Å²) >= 11 is 0. The van der Waals surface area contributed by atoms with Crippen molar-refractivity contribution in [3.8, 4) is 11.5 Å². The molecular formula is C15H25NO2. The standard InChI is InChI=1S/C15H25NO2/c1-4-11-16-13(2)6-5-12-18-15-9-7-14(17-3)8-10-15/h7-10,13,16H,4-6,11-12H2,1-3H3. The van der Waals surface area contributed by atoms with Gasteiger partial charge < -0.3 is 14.8 Å². The minimum atomic E-state index is 0.574. The van der Waals surface area contributed by atoms with E-state index in [1.54, 1.807) is 7.11 Å². The Morgan fingerprint density at radius 2 is 1.83 bits per heavy atom. The molecule has 0 bridgehead atoms. The second-order valence-corrected chi connectivity index (χ2v) is 4.52. The van der Waals surface area contributed by atoms with Gasteiger partial charge in [0.15, 0.2) is 0 Å². The van der Waals surface area contributed by atoms with Gasteiger partial charge in [-0.25, -0.2) is 0 Å². The fourth-order valence-electron chi connectivity index (χ4n) is 1.74. The molecule has 18 heavy (non-hydrogen) atoms. The minimum Gasteiger partial charge on any atom is -0.497 e. The van der Waals surface area contributed by atoms with Gasteiger partial charge in [0.1, 0.15) is 11.5 Å². The first kappa shape index (κ1) is 14.8. The van der Waals surface area contributed by atoms with E-state index in [1.165, 1.54) is 6.42 Å². The summed E-state index contributed by atoms with van der Waals surface area (Å²) in [5.74, 6) is 1.77. The maximum atomic E-state index is 5.68. The number of ether oxygens (including phenoxy) is 2. The van der Waals surface area contributed by atoms with Crippen LogP contribution < -0.4 is 14.8 Å². The van der Waals surface area contributed by atoms with Crippen LogP contribution in [0.2, 0.25) is 0 Å². The molecule has 1 rings (SSSR count). The van der Waals surface area contributed by atoms with E-state index in [4.69, 9.17) is 9.47 Å². The van der Waals surface area contributed by atoms with E-state index in [9.17, 15) is 0 Å². The Kier molecular flexibility index (Phi) is 7.26. The Balaban J connectivity index is 2.13. The average molecular weight is 251 g/mol. The smallest absolute Gasteiger partial charge is 0.119 e. The lowest BCUT2D eigenvalue weighted by Gasteiger charge is -2.13. The van der Waals surface area contributed by atoms with Crippen molar-refractivity contribution in [2.75, 3.05) is 20.3 Å². The summed E-state index contributed by atoms with van der Waals surface area (Å²) in [4.78, 5) is 0. The summed E-state index contributed by atoms with van der Waals surface area (Å²) in [6.07, 6.45) is 3.41. The molecule has 0 heterocycles. The highest BCUT2D eigenvalue weighted by molar-refractivity contribution is 5.31. The van der Waals surface area contributed by atoms with Crippen LogP contribution in [0.25, 0.3) is 0 Å². The molecule has 0 aliphatic carbocycles. The molecule has 1 aromatic carbocycles. The van der Waals surface area contributed by atoms with E-state index < -0.39 is 0 Å². The van der Waals surface area contributed by atoms with Gasteiger partial charge in [0, 0.05) is 6.04 Å². The van der Waals surface area contributed by atoms with Crippen LogP contribution in [0.3, 0.4) is 0 Å². The van der Waals surface area contributed by atoms with Gasteiger partial charge in [-0.1, -0.05) is 6.92 Å². The molecule has 0 saturated heterocycles. The number of hydrogen-bond donors (Lipinski definition) is 1. The predicted molar refractivity (Wildman–Crippen MR) is 75.5 cm³/mol. The molecule has 0 spiro atoms. The van der Waals surface area contributed by atoms with E-state index in [2.05, 4.69) is 19.2 Å². The van der Waals surface area contributed by atoms with Gasteiger partial charge in [-0.05, 0) is 57.0 Å². The van der Waals surface area contributed by atoms with Gasteiger partial charge in [0.2, 0.25) is 0 Å². The zero-order valence-electron chi connectivity index (χ0n) is 11.7. The van der Waals surface area contributed by atoms with Crippen molar-refractivity contribution in [1.82, 2.24) is 5.32 Å². The van der Waals surface area contributed by atoms with E-state index in [0.717, 1.165) is 37.5 Å². The summed E-state index contributed by atoms with van der Waals surface area (Å²) in [6, 6.07) is 8.29. The van der Waals surface area contributed by atoms with Crippen LogP contribution in [0.5, 0.6) is 11.5 Å². The summed E-state index contributed by atoms with van der Waals surface area (Å²) < 4.78 is 10.8. The van der Waals surface area contributed by atoms with Crippen LogP contribution in [0.4, 0.5) is 0 Å². The predicted octanol–water partition coefficient (Wildman–Crippen LogP) is 3.24. The molecule has 102 valence electrons. The molecule has 0 saturated carbocycles. The third-order valence-electron chi connectivity index (χ3n) is 2.85. The third-order valence-corrected chi connectivity index (χ3v) is 2.85. The molecule has 1 aromatic rings. The van der Waals surface area contributed by atoms with E-state index in [0.29, 0.717) is 6.04 Å². The van der Waals surface area contributed by atoms with Crippen molar-refractivity contribution in [2.24, 2.45) is 0 Å². The van der Waals surface area contributed by atoms with Gasteiger partial charge in [0.25, 0.3) is 0 Å². The number of methoxy groups -OCH3 is 1. The Hall–Kier alpha value is -1.22. The van der Waals surface area contributed by atoms with Crippen LogP contribution in [-0.2, 0) is 0 Å². The lowest BCUT2D eigenvalue weighted by molar-refractivity contribution is 0.297. The molecule has 1 atom stereocenters. The fraction of sp³-hybridized carbons (Fsp3) is 0.600. The lowest BCUT2D eigenvalue weighted by atomic mass is 10.2. The summed E-state index contributed by atoms with van der Waals surface area (Å²) in [5, 5.41) is 3.47. The largest absolute Gasteiger partial charge is 0.497 e. The molecule has 3 heteroatoms. The number of rotatable bonds is 9. The van der Waals surface area contributed by atoms with E-state index in [-0.39, 0.29) is 0 Å². The van der Waals surface area contributed by atoms with Crippen LogP contribution in [-0.4, -0.2) is 26.3 Å². The van der Waals surface area contributed by atoms with Crippen LogP contribution >= 0.6 is 0 Å². The van der Waals surface area contributed by atoms with Crippen LogP contribution in [0, 0.1) is 0 Å². The molecular weight excluding hydrogens is 226 g/mol. The quantitative estimate of drug-likeness (QED) is 0.683. The van der Waals surface area contributed by atoms with Crippen LogP contribution in [0.1, 0.15) is 33.1 Å². The van der Waals surface area contributed by atoms with Gasteiger partial charge >= 0.3 is 0 Å². The zero-order valence-corrected chi connectivity index (χ0v) is 11.7. The summed E-state index contributed by atoms with van der Waals surface area (Å²) in [7, 11) is 1.67. The zero-order chi connectivity index (χ0) is 13.2. The second kappa shape index (κ2) is 8.81. The Morgan fingerprint density at radius 1 is 1.17 bits per heavy atom. The van der Waals surface area contributed by atoms with Crippen molar-refractivity contribution in [3.05, 3.63) is 24.3 Å². The first-order valence-corrected chi connectivity index (χ1v) is 6.76. The SMILES string of the molecule is CCCNC(C)CCCOc1ccc(OC)cc1. The Bertz CT molecular complexity index is 311. The first-order valence-electron chi connectivity index (χ1n) is 6.76. The number of nitrogens with one attached hydrogen (secondary N) is 1. The van der Waals surface area contributed by atoms with Gasteiger partial charge in [-0.15, -0.1) is 0 Å². The molecule has 1 unspecified atom stereocenters. The number of hydrogen-bond acceptors (Lipinski definition) is 3. The maximum Gasteiger partial charge on any atom is 0.119 e. The first-order chi connectivity index (χ1) is 8.76. The van der Waals surface area contributed by atoms with Crippen molar-refractivity contribution in [2.45, 2.75) is 39.2 Å². The average Bonchev–Trinajstić information content (AvgIpc) is 2.42. The fourth-order valence-corrected chi connectivity index (χ4v) is 1.74. The van der Waals surface area contributed by atoms with E-state index in [1.807, 2.05) is 24.3 Å². The minimum absolute atomic E-state index is 0.574. The van der Waals surface area contributed by atoms with Gasteiger partial charge in [-0.3, -0.25) is 0 Å². The second-order valence-electron chi connectivity index (χ2n) is 4.52. The van der Waals surface area contributed by atoms with E-state index >= 15 is 0 Å². The van der Waals surface area contributed by atoms with Crippen LogP contribution in [0.15, 0.2) is 24.3 Å². The maximum absolute atomic E-state index is 5.68. The lowest BCUT2D eigenvalue weighted by Crippen LogP contribution is -2.26. The molecule has 0 radical (unpaired) electrons. The van der Waals surface area contributed by atoms with Crippen molar-refractivity contribution in [1.29, 1.82) is 0 Å². The summed E-state index contributed by atoms with van der Waals surface area (Å²) in [6.45, 7) is 6.28. The Morgan fingerprint density at radius 3 is 2.44 bits per heavy atom. The third kappa shape index (κ3) is 5.92. The molecule has 0 amide bonds. The van der Waals surface area contributed by atoms with Gasteiger partial charge in [-0.2, -0.15) is 0 Å². The Labute approximate surface area is 110 Å². The highest BCUT2D eigenvalue weighted by Crippen LogP contribution is 2.17. The molecule has 0 fully saturated rings. The monoisotopic (exact) mass is 251 g/mol. The summed E-state index contributed by atoms with van der Waals surface area (Å²) in [5.41, 5.74) is 0. The molecule has 3 nitrogen and oxygen atoms in total.